The van der Waals surface area contributed by atoms with Crippen LogP contribution in [0.2, 0.25) is 0 Å². The number of carbonyl (C=O) groups is 1. The first-order valence-corrected chi connectivity index (χ1v) is 12.9. The van der Waals surface area contributed by atoms with Crippen molar-refractivity contribution in [3.63, 3.8) is 0 Å². The van der Waals surface area contributed by atoms with Gasteiger partial charge in [-0.25, -0.2) is 13.9 Å². The topological polar surface area (TPSA) is 64.3 Å². The molecule has 6 rings (SSSR count). The third-order valence-corrected chi connectivity index (χ3v) is 6.95. The Morgan fingerprint density at radius 2 is 1.82 bits per heavy atom. The molecule has 0 spiro atoms. The fraction of sp³-hybridized carbons (Fsp3) is 0.161. The van der Waals surface area contributed by atoms with Gasteiger partial charge in [-0.1, -0.05) is 42.5 Å². The standard InChI is InChI=1S/C31H28FN5O2/c1-3-39-24-14-9-11-22(19-24)29-28-17-10-18-35(28)30-25(21(2)34-37(30)23-12-5-4-6-13-23)20-36(29)31(38)33-27-16-8-7-15-26(27)32/h4-19,29H,3,20H2,1-2H3,(H,33,38). The van der Waals surface area contributed by atoms with Gasteiger partial charge in [0, 0.05) is 11.8 Å². The summed E-state index contributed by atoms with van der Waals surface area (Å²) in [7, 11) is 0. The molecule has 8 heteroatoms. The van der Waals surface area contributed by atoms with Crippen LogP contribution in [0.15, 0.2) is 97.2 Å². The van der Waals surface area contributed by atoms with Crippen molar-refractivity contribution in [1.82, 2.24) is 19.2 Å². The Morgan fingerprint density at radius 3 is 2.62 bits per heavy atom. The van der Waals surface area contributed by atoms with Crippen LogP contribution in [0.5, 0.6) is 5.75 Å². The van der Waals surface area contributed by atoms with Crippen LogP contribution in [-0.2, 0) is 6.54 Å². The maximum atomic E-state index is 14.6. The van der Waals surface area contributed by atoms with Gasteiger partial charge in [-0.3, -0.25) is 0 Å². The first-order valence-electron chi connectivity index (χ1n) is 12.9. The number of anilines is 1. The number of amides is 2. The summed E-state index contributed by atoms with van der Waals surface area (Å²) in [4.78, 5) is 15.7. The smallest absolute Gasteiger partial charge is 0.323 e. The van der Waals surface area contributed by atoms with Gasteiger partial charge in [-0.2, -0.15) is 5.10 Å². The van der Waals surface area contributed by atoms with E-state index in [2.05, 4.69) is 9.88 Å². The van der Waals surface area contributed by atoms with Gasteiger partial charge >= 0.3 is 6.03 Å². The Balaban J connectivity index is 1.54. The molecular formula is C31H28FN5O2. The van der Waals surface area contributed by atoms with Crippen LogP contribution >= 0.6 is 0 Å². The van der Waals surface area contributed by atoms with Gasteiger partial charge in [0.05, 0.1) is 42.0 Å². The fourth-order valence-electron chi connectivity index (χ4n) is 5.19. The normalized spacial score (nSPS) is 14.3. The molecule has 1 atom stereocenters. The van der Waals surface area contributed by atoms with E-state index in [4.69, 9.17) is 9.84 Å². The summed E-state index contributed by atoms with van der Waals surface area (Å²) in [5.74, 6) is 1.09. The molecule has 0 bridgehead atoms. The average molecular weight is 522 g/mol. The molecule has 39 heavy (non-hydrogen) atoms. The minimum Gasteiger partial charge on any atom is -0.494 e. The fourth-order valence-corrected chi connectivity index (χ4v) is 5.19. The molecular weight excluding hydrogens is 493 g/mol. The molecule has 1 N–H and O–H groups in total. The van der Waals surface area contributed by atoms with Crippen molar-refractivity contribution >= 4 is 11.7 Å². The number of carbonyl (C=O) groups excluding carboxylic acids is 1. The number of halogens is 1. The lowest BCUT2D eigenvalue weighted by Crippen LogP contribution is -2.38. The number of fused-ring (bicyclic) bond motifs is 3. The summed E-state index contributed by atoms with van der Waals surface area (Å²) in [6.07, 6.45) is 1.99. The van der Waals surface area contributed by atoms with Crippen LogP contribution in [0.25, 0.3) is 11.5 Å². The number of aryl methyl sites for hydroxylation is 1. The number of nitrogens with one attached hydrogen (secondary N) is 1. The van der Waals surface area contributed by atoms with Gasteiger partial charge in [-0.05, 0) is 67.9 Å². The zero-order valence-corrected chi connectivity index (χ0v) is 21.7. The van der Waals surface area contributed by atoms with Crippen molar-refractivity contribution in [2.75, 3.05) is 11.9 Å². The van der Waals surface area contributed by atoms with Crippen LogP contribution in [0, 0.1) is 12.7 Å². The van der Waals surface area contributed by atoms with Gasteiger partial charge in [-0.15, -0.1) is 0 Å². The third-order valence-electron chi connectivity index (χ3n) is 6.95. The molecule has 0 radical (unpaired) electrons. The molecule has 3 aromatic carbocycles. The molecule has 7 nitrogen and oxygen atoms in total. The molecule has 1 unspecified atom stereocenters. The Kier molecular flexibility index (Phi) is 6.36. The molecule has 0 fully saturated rings. The SMILES string of the molecule is CCOc1cccc(C2c3cccn3-c3c(c(C)nn3-c3ccccc3)CN2C(=O)Nc2ccccc2F)c1. The van der Waals surface area contributed by atoms with Crippen molar-refractivity contribution in [3.8, 4) is 17.3 Å². The largest absolute Gasteiger partial charge is 0.494 e. The number of para-hydroxylation sites is 2. The van der Waals surface area contributed by atoms with Crippen molar-refractivity contribution in [2.45, 2.75) is 26.4 Å². The summed E-state index contributed by atoms with van der Waals surface area (Å²) in [5.41, 5.74) is 4.51. The highest BCUT2D eigenvalue weighted by atomic mass is 19.1. The van der Waals surface area contributed by atoms with E-state index in [-0.39, 0.29) is 12.2 Å². The zero-order valence-electron chi connectivity index (χ0n) is 21.7. The molecule has 2 amide bonds. The van der Waals surface area contributed by atoms with E-state index in [1.54, 1.807) is 23.1 Å². The van der Waals surface area contributed by atoms with Gasteiger partial charge in [0.2, 0.25) is 0 Å². The summed E-state index contributed by atoms with van der Waals surface area (Å²) in [6, 6.07) is 27.0. The number of urea groups is 1. The molecule has 0 saturated carbocycles. The Labute approximate surface area is 226 Å². The predicted octanol–water partition coefficient (Wildman–Crippen LogP) is 6.65. The Hall–Kier alpha value is -4.85. The van der Waals surface area contributed by atoms with E-state index in [0.717, 1.165) is 39.8 Å². The molecule has 1 aliphatic rings. The average Bonchev–Trinajstić information content (AvgIpc) is 3.51. The summed E-state index contributed by atoms with van der Waals surface area (Å²) in [5, 5.41) is 7.67. The van der Waals surface area contributed by atoms with Crippen LogP contribution in [0.1, 0.15) is 35.5 Å². The molecule has 5 aromatic rings. The number of ether oxygens (including phenoxy) is 1. The molecule has 0 aliphatic carbocycles. The Bertz CT molecular complexity index is 1640. The van der Waals surface area contributed by atoms with Crippen LogP contribution in [-0.4, -0.2) is 31.9 Å². The van der Waals surface area contributed by atoms with Crippen molar-refractivity contribution in [1.29, 1.82) is 0 Å². The first kappa shape index (κ1) is 24.5. The highest BCUT2D eigenvalue weighted by molar-refractivity contribution is 5.90. The van der Waals surface area contributed by atoms with Gasteiger partial charge < -0.3 is 19.5 Å². The van der Waals surface area contributed by atoms with E-state index in [1.807, 2.05) is 91.5 Å². The number of rotatable bonds is 5. The minimum absolute atomic E-state index is 0.126. The molecule has 0 saturated heterocycles. The lowest BCUT2D eigenvalue weighted by atomic mass is 10.0. The van der Waals surface area contributed by atoms with Crippen molar-refractivity contribution in [2.24, 2.45) is 0 Å². The first-order chi connectivity index (χ1) is 19.0. The second-order valence-electron chi connectivity index (χ2n) is 9.38. The summed E-state index contributed by atoms with van der Waals surface area (Å²) >= 11 is 0. The van der Waals surface area contributed by atoms with Gasteiger partial charge in [0.1, 0.15) is 17.4 Å². The third kappa shape index (κ3) is 4.44. The number of nitrogens with zero attached hydrogens (tertiary/aromatic N) is 4. The van der Waals surface area contributed by atoms with E-state index in [9.17, 15) is 9.18 Å². The van der Waals surface area contributed by atoms with E-state index in [1.165, 1.54) is 6.07 Å². The van der Waals surface area contributed by atoms with Crippen molar-refractivity contribution in [3.05, 3.63) is 126 Å². The quantitative estimate of drug-likeness (QED) is 0.282. The highest BCUT2D eigenvalue weighted by Crippen LogP contribution is 2.39. The number of benzene rings is 3. The second kappa shape index (κ2) is 10.1. The Morgan fingerprint density at radius 1 is 1.03 bits per heavy atom. The summed E-state index contributed by atoms with van der Waals surface area (Å²) < 4.78 is 24.4. The van der Waals surface area contributed by atoms with E-state index < -0.39 is 17.9 Å². The van der Waals surface area contributed by atoms with Crippen LogP contribution in [0.3, 0.4) is 0 Å². The maximum Gasteiger partial charge on any atom is 0.323 e. The maximum absolute atomic E-state index is 14.6. The predicted molar refractivity (Wildman–Crippen MR) is 148 cm³/mol. The molecule has 2 aromatic heterocycles. The number of hydrogen-bond acceptors (Lipinski definition) is 3. The van der Waals surface area contributed by atoms with Crippen LogP contribution in [0.4, 0.5) is 14.9 Å². The van der Waals surface area contributed by atoms with E-state index >= 15 is 0 Å². The highest BCUT2D eigenvalue weighted by Gasteiger charge is 2.36. The molecule has 3 heterocycles. The van der Waals surface area contributed by atoms with E-state index in [0.29, 0.717) is 6.61 Å². The monoisotopic (exact) mass is 521 g/mol. The lowest BCUT2D eigenvalue weighted by Gasteiger charge is -2.31. The molecule has 1 aliphatic heterocycles. The van der Waals surface area contributed by atoms with Crippen molar-refractivity contribution < 1.29 is 13.9 Å². The number of aromatic nitrogens is 3. The lowest BCUT2D eigenvalue weighted by molar-refractivity contribution is 0.194. The zero-order chi connectivity index (χ0) is 26.9. The van der Waals surface area contributed by atoms with Gasteiger partial charge in [0.15, 0.2) is 0 Å². The van der Waals surface area contributed by atoms with Crippen LogP contribution < -0.4 is 10.1 Å². The number of hydrogen-bond donors (Lipinski definition) is 1. The second-order valence-corrected chi connectivity index (χ2v) is 9.38. The molecule has 196 valence electrons. The summed E-state index contributed by atoms with van der Waals surface area (Å²) in [6.45, 7) is 4.68. The van der Waals surface area contributed by atoms with Gasteiger partial charge in [0.25, 0.3) is 0 Å². The minimum atomic E-state index is -0.493.